The Labute approximate surface area is 85.2 Å². The lowest BCUT2D eigenvalue weighted by Crippen LogP contribution is -2.05. The molecule has 2 aromatic rings. The van der Waals surface area contributed by atoms with Gasteiger partial charge >= 0.3 is 0 Å². The quantitative estimate of drug-likeness (QED) is 0.816. The lowest BCUT2D eigenvalue weighted by molar-refractivity contribution is 0.508. The van der Waals surface area contributed by atoms with E-state index in [-0.39, 0.29) is 0 Å². The third kappa shape index (κ3) is 1.73. The van der Waals surface area contributed by atoms with Crippen molar-refractivity contribution in [1.82, 2.24) is 9.55 Å². The molecular weight excluding hydrogens is 200 g/mol. The van der Waals surface area contributed by atoms with E-state index < -0.39 is 11.6 Å². The van der Waals surface area contributed by atoms with Crippen LogP contribution in [-0.4, -0.2) is 9.55 Å². The molecule has 0 fully saturated rings. The van der Waals surface area contributed by atoms with Crippen molar-refractivity contribution >= 4 is 0 Å². The summed E-state index contributed by atoms with van der Waals surface area (Å²) in [6, 6.07) is 3.65. The van der Waals surface area contributed by atoms with Gasteiger partial charge in [0.2, 0.25) is 0 Å². The maximum atomic E-state index is 13.0. The molecule has 78 valence electrons. The minimum absolute atomic E-state index is 0.291. The highest BCUT2D eigenvalue weighted by Crippen LogP contribution is 2.14. The number of imidazole rings is 1. The van der Waals surface area contributed by atoms with Crippen LogP contribution in [0.3, 0.4) is 0 Å². The van der Waals surface area contributed by atoms with Crippen molar-refractivity contribution in [2.75, 3.05) is 0 Å². The minimum Gasteiger partial charge on any atom is -0.325 e. The summed E-state index contributed by atoms with van der Waals surface area (Å²) in [5, 5.41) is 0. The van der Waals surface area contributed by atoms with E-state index >= 15 is 0 Å². The van der Waals surface area contributed by atoms with Gasteiger partial charge < -0.3 is 10.3 Å². The molecule has 0 aliphatic rings. The van der Waals surface area contributed by atoms with Gasteiger partial charge in [0, 0.05) is 24.5 Å². The van der Waals surface area contributed by atoms with Crippen molar-refractivity contribution in [2.24, 2.45) is 5.73 Å². The van der Waals surface area contributed by atoms with Crippen molar-refractivity contribution in [3.8, 4) is 5.69 Å². The zero-order valence-electron chi connectivity index (χ0n) is 7.82. The van der Waals surface area contributed by atoms with E-state index in [1.54, 1.807) is 10.8 Å². The van der Waals surface area contributed by atoms with E-state index in [2.05, 4.69) is 4.98 Å². The van der Waals surface area contributed by atoms with E-state index in [0.29, 0.717) is 12.2 Å². The summed E-state index contributed by atoms with van der Waals surface area (Å²) < 4.78 is 27.3. The number of rotatable bonds is 2. The fourth-order valence-corrected chi connectivity index (χ4v) is 1.34. The van der Waals surface area contributed by atoms with Gasteiger partial charge in [-0.15, -0.1) is 0 Å². The molecule has 0 saturated heterocycles. The zero-order valence-corrected chi connectivity index (χ0v) is 7.82. The molecule has 0 aliphatic carbocycles. The van der Waals surface area contributed by atoms with Crippen molar-refractivity contribution in [3.63, 3.8) is 0 Å². The van der Waals surface area contributed by atoms with Crippen LogP contribution in [0, 0.1) is 11.6 Å². The first kappa shape index (κ1) is 9.79. The molecule has 1 heterocycles. The van der Waals surface area contributed by atoms with Crippen LogP contribution in [0.4, 0.5) is 8.78 Å². The first-order valence-electron chi connectivity index (χ1n) is 4.39. The lowest BCUT2D eigenvalue weighted by Gasteiger charge is -2.06. The van der Waals surface area contributed by atoms with Gasteiger partial charge in [0.05, 0.1) is 12.0 Å². The van der Waals surface area contributed by atoms with Crippen LogP contribution in [0.25, 0.3) is 5.69 Å². The monoisotopic (exact) mass is 209 g/mol. The van der Waals surface area contributed by atoms with Crippen LogP contribution < -0.4 is 5.73 Å². The van der Waals surface area contributed by atoms with Gasteiger partial charge in [-0.1, -0.05) is 0 Å². The van der Waals surface area contributed by atoms with Crippen LogP contribution in [0.15, 0.2) is 30.7 Å². The molecule has 0 atom stereocenters. The molecule has 0 bridgehead atoms. The molecule has 5 heteroatoms. The average molecular weight is 209 g/mol. The summed E-state index contributed by atoms with van der Waals surface area (Å²) in [5.74, 6) is -1.75. The van der Waals surface area contributed by atoms with Gasteiger partial charge in [-0.3, -0.25) is 0 Å². The van der Waals surface area contributed by atoms with Crippen LogP contribution in [0.5, 0.6) is 0 Å². The Morgan fingerprint density at radius 3 is 2.73 bits per heavy atom. The van der Waals surface area contributed by atoms with Gasteiger partial charge in [-0.25, -0.2) is 13.8 Å². The van der Waals surface area contributed by atoms with Crippen LogP contribution >= 0.6 is 0 Å². The summed E-state index contributed by atoms with van der Waals surface area (Å²) in [6.45, 7) is 0.291. The smallest absolute Gasteiger partial charge is 0.160 e. The maximum absolute atomic E-state index is 13.0. The molecular formula is C10H9F2N3. The summed E-state index contributed by atoms with van der Waals surface area (Å²) in [4.78, 5) is 3.89. The molecule has 3 nitrogen and oxygen atoms in total. The molecule has 0 unspecified atom stereocenters. The van der Waals surface area contributed by atoms with Gasteiger partial charge in [0.15, 0.2) is 11.6 Å². The molecule has 0 aliphatic heterocycles. The average Bonchev–Trinajstić information content (AvgIpc) is 2.70. The third-order valence-electron chi connectivity index (χ3n) is 2.11. The van der Waals surface area contributed by atoms with Crippen molar-refractivity contribution in [2.45, 2.75) is 6.54 Å². The molecule has 2 N–H and O–H groups in total. The predicted octanol–water partition coefficient (Wildman–Crippen LogP) is 1.61. The zero-order chi connectivity index (χ0) is 10.8. The maximum Gasteiger partial charge on any atom is 0.160 e. The van der Waals surface area contributed by atoms with Gasteiger partial charge in [0.1, 0.15) is 0 Å². The Morgan fingerprint density at radius 2 is 2.07 bits per heavy atom. The predicted molar refractivity (Wildman–Crippen MR) is 51.4 cm³/mol. The lowest BCUT2D eigenvalue weighted by atomic mass is 10.3. The topological polar surface area (TPSA) is 43.8 Å². The standard InChI is InChI=1S/C10H9F2N3/c11-9-2-1-7(3-10(9)12)15-6-14-5-8(15)4-13/h1-3,5-6H,4,13H2. The largest absolute Gasteiger partial charge is 0.325 e. The van der Waals surface area contributed by atoms with Gasteiger partial charge in [-0.05, 0) is 12.1 Å². The highest BCUT2D eigenvalue weighted by atomic mass is 19.2. The number of hydrogen-bond acceptors (Lipinski definition) is 2. The van der Waals surface area contributed by atoms with Crippen molar-refractivity contribution in [1.29, 1.82) is 0 Å². The van der Waals surface area contributed by atoms with E-state index in [4.69, 9.17) is 5.73 Å². The summed E-state index contributed by atoms with van der Waals surface area (Å²) in [7, 11) is 0. The number of hydrogen-bond donors (Lipinski definition) is 1. The summed E-state index contributed by atoms with van der Waals surface area (Å²) in [5.41, 5.74) is 6.72. The van der Waals surface area contributed by atoms with Crippen LogP contribution in [0.2, 0.25) is 0 Å². The molecule has 0 spiro atoms. The number of halogens is 2. The van der Waals surface area contributed by atoms with Crippen LogP contribution in [-0.2, 0) is 6.54 Å². The second-order valence-electron chi connectivity index (χ2n) is 3.06. The van der Waals surface area contributed by atoms with E-state index in [9.17, 15) is 8.78 Å². The molecule has 0 saturated carbocycles. The Morgan fingerprint density at radius 1 is 1.27 bits per heavy atom. The van der Waals surface area contributed by atoms with Gasteiger partial charge in [0.25, 0.3) is 0 Å². The van der Waals surface area contributed by atoms with E-state index in [0.717, 1.165) is 17.8 Å². The number of aromatic nitrogens is 2. The normalized spacial score (nSPS) is 10.6. The third-order valence-corrected chi connectivity index (χ3v) is 2.11. The minimum atomic E-state index is -0.885. The van der Waals surface area contributed by atoms with Crippen LogP contribution in [0.1, 0.15) is 5.69 Å². The second kappa shape index (κ2) is 3.78. The van der Waals surface area contributed by atoms with Gasteiger partial charge in [-0.2, -0.15) is 0 Å². The van der Waals surface area contributed by atoms with Crippen molar-refractivity contribution in [3.05, 3.63) is 48.1 Å². The first-order chi connectivity index (χ1) is 7.22. The second-order valence-corrected chi connectivity index (χ2v) is 3.06. The fraction of sp³-hybridized carbons (Fsp3) is 0.100. The SMILES string of the molecule is NCc1cncn1-c1ccc(F)c(F)c1. The number of nitrogens with two attached hydrogens (primary N) is 1. The summed E-state index contributed by atoms with van der Waals surface area (Å²) >= 11 is 0. The number of benzene rings is 1. The van der Waals surface area contributed by atoms with E-state index in [1.165, 1.54) is 12.4 Å². The van der Waals surface area contributed by atoms with E-state index in [1.807, 2.05) is 0 Å². The highest BCUT2D eigenvalue weighted by molar-refractivity contribution is 5.34. The highest BCUT2D eigenvalue weighted by Gasteiger charge is 2.06. The summed E-state index contributed by atoms with van der Waals surface area (Å²) in [6.07, 6.45) is 3.09. The molecule has 1 aromatic heterocycles. The Balaban J connectivity index is 2.50. The fourth-order valence-electron chi connectivity index (χ4n) is 1.34. The first-order valence-corrected chi connectivity index (χ1v) is 4.39. The molecule has 1 aromatic carbocycles. The Kier molecular flexibility index (Phi) is 2.47. The number of nitrogens with zero attached hydrogens (tertiary/aromatic N) is 2. The molecule has 0 radical (unpaired) electrons. The van der Waals surface area contributed by atoms with Crippen molar-refractivity contribution < 1.29 is 8.78 Å². The molecule has 0 amide bonds. The molecule has 15 heavy (non-hydrogen) atoms. The Hall–Kier alpha value is -1.75. The molecule has 2 rings (SSSR count). The Bertz CT molecular complexity index is 479.